The maximum atomic E-state index is 13.1. The normalized spacial score (nSPS) is 12.7. The quantitative estimate of drug-likeness (QED) is 0.733. The zero-order chi connectivity index (χ0) is 16.5. The van der Waals surface area contributed by atoms with Gasteiger partial charge in [-0.1, -0.05) is 13.3 Å². The monoisotopic (exact) mass is 323 g/mol. The number of hydrogen-bond acceptors (Lipinski definition) is 2. The van der Waals surface area contributed by atoms with Gasteiger partial charge in [0.25, 0.3) is 0 Å². The fourth-order valence-electron chi connectivity index (χ4n) is 2.08. The van der Waals surface area contributed by atoms with E-state index in [-0.39, 0.29) is 11.2 Å². The molecule has 0 unspecified atom stereocenters. The van der Waals surface area contributed by atoms with Gasteiger partial charge < -0.3 is 4.74 Å². The smallest absolute Gasteiger partial charge is 0.406 e. The number of nitrogens with zero attached hydrogens (tertiary/aromatic N) is 1. The molecule has 8 heteroatoms. The van der Waals surface area contributed by atoms with Gasteiger partial charge in [0.05, 0.1) is 11.1 Å². The van der Waals surface area contributed by atoms with Gasteiger partial charge in [-0.15, -0.1) is 13.2 Å². The third-order valence-electron chi connectivity index (χ3n) is 2.88. The largest absolute Gasteiger partial charge is 0.573 e. The number of ether oxygens (including phenoxy) is 1. The summed E-state index contributed by atoms with van der Waals surface area (Å²) in [6.07, 6.45) is -8.72. The highest BCUT2D eigenvalue weighted by atomic mass is 19.4. The predicted octanol–water partition coefficient (Wildman–Crippen LogP) is 5.10. The zero-order valence-corrected chi connectivity index (χ0v) is 11.3. The summed E-state index contributed by atoms with van der Waals surface area (Å²) in [5, 5.41) is -0.422. The van der Waals surface area contributed by atoms with Gasteiger partial charge in [-0.3, -0.25) is 4.98 Å². The van der Waals surface area contributed by atoms with E-state index in [2.05, 4.69) is 9.72 Å². The molecule has 0 N–H and O–H groups in total. The lowest BCUT2D eigenvalue weighted by atomic mass is 10.1. The van der Waals surface area contributed by atoms with E-state index in [4.69, 9.17) is 0 Å². The standard InChI is InChI=1S/C14H11F6NO/c1-2-3-8-6-11(13(15,16)17)10-7-9(22-14(18,19)20)4-5-12(10)21-8/h4-7H,2-3H2,1H3. The van der Waals surface area contributed by atoms with Gasteiger partial charge >= 0.3 is 12.5 Å². The molecule has 2 rings (SSSR count). The van der Waals surface area contributed by atoms with Crippen molar-refractivity contribution in [1.29, 1.82) is 0 Å². The van der Waals surface area contributed by atoms with Crippen molar-refractivity contribution in [3.05, 3.63) is 35.5 Å². The molecule has 1 heterocycles. The van der Waals surface area contributed by atoms with Crippen molar-refractivity contribution in [3.63, 3.8) is 0 Å². The lowest BCUT2D eigenvalue weighted by Crippen LogP contribution is -2.17. The molecule has 22 heavy (non-hydrogen) atoms. The molecule has 0 aliphatic carbocycles. The van der Waals surface area contributed by atoms with Crippen molar-refractivity contribution in [2.75, 3.05) is 0 Å². The number of benzene rings is 1. The van der Waals surface area contributed by atoms with E-state index in [0.717, 1.165) is 18.2 Å². The van der Waals surface area contributed by atoms with E-state index in [1.165, 1.54) is 0 Å². The van der Waals surface area contributed by atoms with Crippen LogP contribution in [0.15, 0.2) is 24.3 Å². The molecule has 0 fully saturated rings. The van der Waals surface area contributed by atoms with Crippen molar-refractivity contribution >= 4 is 10.9 Å². The summed E-state index contributed by atoms with van der Waals surface area (Å²) in [5.41, 5.74) is -0.798. The van der Waals surface area contributed by atoms with Gasteiger partial charge in [-0.05, 0) is 30.7 Å². The van der Waals surface area contributed by atoms with E-state index in [1.807, 2.05) is 0 Å². The summed E-state index contributed by atoms with van der Waals surface area (Å²) in [6.45, 7) is 1.79. The van der Waals surface area contributed by atoms with E-state index >= 15 is 0 Å². The Morgan fingerprint density at radius 1 is 1.05 bits per heavy atom. The first kappa shape index (κ1) is 16.4. The minimum atomic E-state index is -4.97. The van der Waals surface area contributed by atoms with Crippen LogP contribution in [0.2, 0.25) is 0 Å². The summed E-state index contributed by atoms with van der Waals surface area (Å²) in [4.78, 5) is 4.04. The van der Waals surface area contributed by atoms with Crippen LogP contribution in [-0.2, 0) is 12.6 Å². The van der Waals surface area contributed by atoms with Crippen LogP contribution in [0, 0.1) is 0 Å². The Bertz CT molecular complexity index is 677. The molecule has 0 saturated carbocycles. The van der Waals surface area contributed by atoms with Crippen molar-refractivity contribution in [2.24, 2.45) is 0 Å². The van der Waals surface area contributed by atoms with Gasteiger partial charge in [0.15, 0.2) is 0 Å². The van der Waals surface area contributed by atoms with Gasteiger partial charge in [0, 0.05) is 11.1 Å². The van der Waals surface area contributed by atoms with Crippen molar-refractivity contribution in [2.45, 2.75) is 32.3 Å². The molecular weight excluding hydrogens is 312 g/mol. The summed E-state index contributed by atoms with van der Waals surface area (Å²) in [6, 6.07) is 3.60. The second-order valence-corrected chi connectivity index (χ2v) is 4.64. The molecule has 2 nitrogen and oxygen atoms in total. The topological polar surface area (TPSA) is 22.1 Å². The average Bonchev–Trinajstić information content (AvgIpc) is 2.35. The van der Waals surface area contributed by atoms with Crippen LogP contribution in [0.5, 0.6) is 5.75 Å². The van der Waals surface area contributed by atoms with Crippen LogP contribution < -0.4 is 4.74 Å². The maximum absolute atomic E-state index is 13.1. The summed E-state index contributed by atoms with van der Waals surface area (Å²) in [5.74, 6) is -0.712. The van der Waals surface area contributed by atoms with Gasteiger partial charge in [-0.2, -0.15) is 13.2 Å². The second-order valence-electron chi connectivity index (χ2n) is 4.64. The molecule has 0 bridgehead atoms. The highest BCUT2D eigenvalue weighted by Crippen LogP contribution is 2.37. The fraction of sp³-hybridized carbons (Fsp3) is 0.357. The van der Waals surface area contributed by atoms with Crippen molar-refractivity contribution in [3.8, 4) is 5.75 Å². The Morgan fingerprint density at radius 3 is 2.27 bits per heavy atom. The molecule has 1 aromatic heterocycles. The first-order valence-electron chi connectivity index (χ1n) is 6.37. The van der Waals surface area contributed by atoms with E-state index in [1.54, 1.807) is 6.92 Å². The lowest BCUT2D eigenvalue weighted by molar-refractivity contribution is -0.274. The Labute approximate surface area is 121 Å². The van der Waals surface area contributed by atoms with E-state index in [9.17, 15) is 26.3 Å². The molecule has 0 saturated heterocycles. The third-order valence-corrected chi connectivity index (χ3v) is 2.88. The van der Waals surface area contributed by atoms with Crippen LogP contribution in [0.25, 0.3) is 10.9 Å². The molecule has 120 valence electrons. The van der Waals surface area contributed by atoms with Crippen molar-refractivity contribution < 1.29 is 31.1 Å². The second kappa shape index (κ2) is 5.66. The summed E-state index contributed by atoms with van der Waals surface area (Å²) in [7, 11) is 0. The lowest BCUT2D eigenvalue weighted by Gasteiger charge is -2.14. The molecule has 0 aliphatic heterocycles. The minimum absolute atomic E-state index is 0.0206. The molecule has 0 radical (unpaired) electrons. The Hall–Kier alpha value is -1.99. The number of fused-ring (bicyclic) bond motifs is 1. The van der Waals surface area contributed by atoms with Crippen molar-refractivity contribution in [1.82, 2.24) is 4.98 Å². The number of aromatic nitrogens is 1. The minimum Gasteiger partial charge on any atom is -0.406 e. The SMILES string of the molecule is CCCc1cc(C(F)(F)F)c2cc(OC(F)(F)F)ccc2n1. The number of alkyl halides is 6. The number of rotatable bonds is 3. The van der Waals surface area contributed by atoms with Crippen LogP contribution >= 0.6 is 0 Å². The number of halogens is 6. The number of hydrogen-bond donors (Lipinski definition) is 0. The fourth-order valence-corrected chi connectivity index (χ4v) is 2.08. The molecular formula is C14H11F6NO. The molecule has 0 amide bonds. The molecule has 2 aromatic rings. The first-order valence-corrected chi connectivity index (χ1v) is 6.37. The van der Waals surface area contributed by atoms with Crippen LogP contribution in [0.4, 0.5) is 26.3 Å². The highest BCUT2D eigenvalue weighted by Gasteiger charge is 2.35. The molecule has 0 spiro atoms. The third kappa shape index (κ3) is 3.80. The maximum Gasteiger partial charge on any atom is 0.573 e. The Morgan fingerprint density at radius 2 is 1.73 bits per heavy atom. The van der Waals surface area contributed by atoms with Gasteiger partial charge in [0.1, 0.15) is 5.75 Å². The zero-order valence-electron chi connectivity index (χ0n) is 11.3. The van der Waals surface area contributed by atoms with Crippen LogP contribution in [-0.4, -0.2) is 11.3 Å². The molecule has 0 atom stereocenters. The number of pyridine rings is 1. The predicted molar refractivity (Wildman–Crippen MR) is 67.4 cm³/mol. The number of aryl methyl sites for hydroxylation is 1. The van der Waals surface area contributed by atoms with Crippen LogP contribution in [0.1, 0.15) is 24.6 Å². The summed E-state index contributed by atoms with van der Waals surface area (Å²) < 4.78 is 79.6. The van der Waals surface area contributed by atoms with Crippen LogP contribution in [0.3, 0.4) is 0 Å². The average molecular weight is 323 g/mol. The highest BCUT2D eigenvalue weighted by molar-refractivity contribution is 5.84. The molecule has 0 aliphatic rings. The Kier molecular flexibility index (Phi) is 4.21. The molecule has 1 aromatic carbocycles. The van der Waals surface area contributed by atoms with Gasteiger partial charge in [0.2, 0.25) is 0 Å². The van der Waals surface area contributed by atoms with Gasteiger partial charge in [-0.25, -0.2) is 0 Å². The first-order chi connectivity index (χ1) is 10.1. The summed E-state index contributed by atoms with van der Waals surface area (Å²) >= 11 is 0. The van der Waals surface area contributed by atoms with E-state index < -0.39 is 29.2 Å². The Balaban J connectivity index is 2.61. The van der Waals surface area contributed by atoms with E-state index in [0.29, 0.717) is 18.9 Å².